The van der Waals surface area contributed by atoms with Crippen LogP contribution >= 0.6 is 24.0 Å². The molecule has 3 heterocycles. The SMILES string of the molecule is O=C(Cc1cnn(-c2ccccc2)c1)NCCN1C(=O)C(=Cc2ccc3c(c2)OCO3)SC1=S. The normalized spacial score (nSPS) is 15.9. The summed E-state index contributed by atoms with van der Waals surface area (Å²) in [5.74, 6) is 1.02. The molecule has 1 N–H and O–H groups in total. The zero-order valence-corrected chi connectivity index (χ0v) is 19.6. The van der Waals surface area contributed by atoms with Crippen LogP contribution in [0.25, 0.3) is 11.8 Å². The van der Waals surface area contributed by atoms with Crippen LogP contribution in [0.15, 0.2) is 65.8 Å². The Morgan fingerprint density at radius 3 is 2.85 bits per heavy atom. The number of nitrogens with zero attached hydrogens (tertiary/aromatic N) is 3. The van der Waals surface area contributed by atoms with Crippen LogP contribution in [0.4, 0.5) is 0 Å². The van der Waals surface area contributed by atoms with E-state index in [4.69, 9.17) is 21.7 Å². The molecule has 8 nitrogen and oxygen atoms in total. The van der Waals surface area contributed by atoms with Crippen LogP contribution in [0, 0.1) is 0 Å². The molecule has 3 aromatic rings. The van der Waals surface area contributed by atoms with Gasteiger partial charge in [-0.2, -0.15) is 5.10 Å². The summed E-state index contributed by atoms with van der Waals surface area (Å²) < 4.78 is 12.9. The quantitative estimate of drug-likeness (QED) is 0.401. The minimum atomic E-state index is -0.175. The number of para-hydroxylation sites is 1. The molecule has 0 radical (unpaired) electrons. The van der Waals surface area contributed by atoms with E-state index in [-0.39, 0.29) is 25.0 Å². The van der Waals surface area contributed by atoms with Gasteiger partial charge in [0, 0.05) is 19.3 Å². The van der Waals surface area contributed by atoms with Crippen molar-refractivity contribution in [3.05, 3.63) is 77.0 Å². The third-order valence-corrected chi connectivity index (χ3v) is 6.62. The number of fused-ring (bicyclic) bond motifs is 1. The fraction of sp³-hybridized carbons (Fsp3) is 0.167. The zero-order chi connectivity index (χ0) is 23.5. The van der Waals surface area contributed by atoms with Crippen molar-refractivity contribution >= 4 is 46.2 Å². The van der Waals surface area contributed by atoms with Gasteiger partial charge in [-0.3, -0.25) is 14.5 Å². The van der Waals surface area contributed by atoms with Gasteiger partial charge >= 0.3 is 0 Å². The summed E-state index contributed by atoms with van der Waals surface area (Å²) in [7, 11) is 0. The maximum Gasteiger partial charge on any atom is 0.266 e. The highest BCUT2D eigenvalue weighted by atomic mass is 32.2. The van der Waals surface area contributed by atoms with Crippen LogP contribution in [0.5, 0.6) is 11.5 Å². The number of aromatic nitrogens is 2. The summed E-state index contributed by atoms with van der Waals surface area (Å²) in [5.41, 5.74) is 2.56. The average Bonchev–Trinajstić information content (AvgIpc) is 3.56. The molecule has 34 heavy (non-hydrogen) atoms. The van der Waals surface area contributed by atoms with E-state index in [1.165, 1.54) is 16.7 Å². The molecule has 0 unspecified atom stereocenters. The highest BCUT2D eigenvalue weighted by Gasteiger charge is 2.31. The fourth-order valence-electron chi connectivity index (χ4n) is 3.58. The highest BCUT2D eigenvalue weighted by molar-refractivity contribution is 8.26. The first-order valence-corrected chi connectivity index (χ1v) is 11.8. The van der Waals surface area contributed by atoms with Gasteiger partial charge in [0.15, 0.2) is 11.5 Å². The number of amides is 2. The van der Waals surface area contributed by atoms with Gasteiger partial charge in [-0.05, 0) is 41.5 Å². The molecule has 2 aliphatic heterocycles. The smallest absolute Gasteiger partial charge is 0.266 e. The Morgan fingerprint density at radius 1 is 1.18 bits per heavy atom. The van der Waals surface area contributed by atoms with Crippen molar-refractivity contribution in [2.75, 3.05) is 19.9 Å². The Bertz CT molecular complexity index is 1290. The number of carbonyl (C=O) groups is 2. The Balaban J connectivity index is 1.13. The van der Waals surface area contributed by atoms with Crippen LogP contribution in [0.1, 0.15) is 11.1 Å². The van der Waals surface area contributed by atoms with E-state index in [2.05, 4.69) is 10.4 Å². The summed E-state index contributed by atoms with van der Waals surface area (Å²) >= 11 is 6.63. The van der Waals surface area contributed by atoms with E-state index >= 15 is 0 Å². The molecule has 0 bridgehead atoms. The Kier molecular flexibility index (Phi) is 6.33. The number of hydrogen-bond donors (Lipinski definition) is 1. The maximum absolute atomic E-state index is 12.8. The minimum absolute atomic E-state index is 0.144. The van der Waals surface area contributed by atoms with Gasteiger partial charge in [-0.1, -0.05) is 48.2 Å². The van der Waals surface area contributed by atoms with Gasteiger partial charge in [0.2, 0.25) is 12.7 Å². The molecular weight excluding hydrogens is 472 g/mol. The van der Waals surface area contributed by atoms with Crippen molar-refractivity contribution in [3.63, 3.8) is 0 Å². The van der Waals surface area contributed by atoms with Crippen molar-refractivity contribution in [2.24, 2.45) is 0 Å². The summed E-state index contributed by atoms with van der Waals surface area (Å²) in [4.78, 5) is 27.2. The lowest BCUT2D eigenvalue weighted by molar-refractivity contribution is -0.123. The summed E-state index contributed by atoms with van der Waals surface area (Å²) in [6, 6.07) is 15.2. The third kappa shape index (κ3) is 4.82. The van der Waals surface area contributed by atoms with Crippen molar-refractivity contribution < 1.29 is 19.1 Å². The van der Waals surface area contributed by atoms with Crippen molar-refractivity contribution in [2.45, 2.75) is 6.42 Å². The second-order valence-electron chi connectivity index (χ2n) is 7.60. The first kappa shape index (κ1) is 22.2. The second-order valence-corrected chi connectivity index (χ2v) is 9.28. The van der Waals surface area contributed by atoms with E-state index < -0.39 is 0 Å². The Labute approximate surface area is 205 Å². The molecule has 1 fully saturated rings. The van der Waals surface area contributed by atoms with E-state index in [0.717, 1.165) is 16.8 Å². The van der Waals surface area contributed by atoms with Crippen LogP contribution in [0.2, 0.25) is 0 Å². The second kappa shape index (κ2) is 9.70. The molecule has 2 aromatic carbocycles. The Hall–Kier alpha value is -3.63. The van der Waals surface area contributed by atoms with E-state index in [0.29, 0.717) is 33.8 Å². The molecular formula is C24H20N4O4S2. The fourth-order valence-corrected chi connectivity index (χ4v) is 4.88. The average molecular weight is 493 g/mol. The molecule has 0 aliphatic carbocycles. The van der Waals surface area contributed by atoms with Gasteiger partial charge in [0.1, 0.15) is 4.32 Å². The summed E-state index contributed by atoms with van der Waals surface area (Å²) in [6.07, 6.45) is 5.49. The molecule has 0 atom stereocenters. The lowest BCUT2D eigenvalue weighted by Gasteiger charge is -2.14. The number of rotatable bonds is 7. The lowest BCUT2D eigenvalue weighted by atomic mass is 10.2. The maximum atomic E-state index is 12.8. The highest BCUT2D eigenvalue weighted by Crippen LogP contribution is 2.36. The molecule has 1 saturated heterocycles. The van der Waals surface area contributed by atoms with Gasteiger partial charge < -0.3 is 14.8 Å². The molecule has 2 amide bonds. The number of ether oxygens (including phenoxy) is 2. The number of nitrogens with one attached hydrogen (secondary N) is 1. The standard InChI is InChI=1S/C24H20N4O4S2/c29-22(12-17-13-26-28(14-17)18-4-2-1-3-5-18)25-8-9-27-23(30)21(34-24(27)33)11-16-6-7-19-20(10-16)32-15-31-19/h1-7,10-11,13-14H,8-9,12,15H2,(H,25,29). The van der Waals surface area contributed by atoms with Crippen LogP contribution in [-0.4, -0.2) is 50.7 Å². The molecule has 172 valence electrons. The van der Waals surface area contributed by atoms with Gasteiger partial charge in [0.25, 0.3) is 5.91 Å². The van der Waals surface area contributed by atoms with Gasteiger partial charge in [-0.25, -0.2) is 4.68 Å². The number of thioether (sulfide) groups is 1. The van der Waals surface area contributed by atoms with Gasteiger partial charge in [-0.15, -0.1) is 0 Å². The molecule has 5 rings (SSSR count). The number of benzene rings is 2. The Morgan fingerprint density at radius 2 is 2.00 bits per heavy atom. The topological polar surface area (TPSA) is 85.7 Å². The minimum Gasteiger partial charge on any atom is -0.454 e. The lowest BCUT2D eigenvalue weighted by Crippen LogP contribution is -2.37. The van der Waals surface area contributed by atoms with E-state index in [1.54, 1.807) is 17.0 Å². The predicted molar refractivity (Wildman–Crippen MR) is 133 cm³/mol. The monoisotopic (exact) mass is 492 g/mol. The number of carbonyl (C=O) groups excluding carboxylic acids is 2. The van der Waals surface area contributed by atoms with Crippen molar-refractivity contribution in [3.8, 4) is 17.2 Å². The molecule has 2 aliphatic rings. The van der Waals surface area contributed by atoms with Crippen molar-refractivity contribution in [1.29, 1.82) is 0 Å². The van der Waals surface area contributed by atoms with Crippen LogP contribution < -0.4 is 14.8 Å². The predicted octanol–water partition coefficient (Wildman–Crippen LogP) is 3.16. The van der Waals surface area contributed by atoms with Crippen LogP contribution in [0.3, 0.4) is 0 Å². The third-order valence-electron chi connectivity index (χ3n) is 5.25. The van der Waals surface area contributed by atoms with Crippen molar-refractivity contribution in [1.82, 2.24) is 20.0 Å². The van der Waals surface area contributed by atoms with Crippen LogP contribution in [-0.2, 0) is 16.0 Å². The van der Waals surface area contributed by atoms with E-state index in [9.17, 15) is 9.59 Å². The molecule has 0 spiro atoms. The number of hydrogen-bond acceptors (Lipinski definition) is 7. The zero-order valence-electron chi connectivity index (χ0n) is 18.0. The largest absolute Gasteiger partial charge is 0.454 e. The van der Waals surface area contributed by atoms with Gasteiger partial charge in [0.05, 0.1) is 23.2 Å². The molecule has 0 saturated carbocycles. The van der Waals surface area contributed by atoms with E-state index in [1.807, 2.05) is 54.7 Å². The molecule has 10 heteroatoms. The summed E-state index contributed by atoms with van der Waals surface area (Å²) in [5, 5.41) is 7.16. The molecule has 1 aromatic heterocycles. The first-order chi connectivity index (χ1) is 16.6. The number of thiocarbonyl (C=S) groups is 1. The first-order valence-electron chi connectivity index (χ1n) is 10.6. The summed E-state index contributed by atoms with van der Waals surface area (Å²) in [6.45, 7) is 0.801.